The van der Waals surface area contributed by atoms with Crippen LogP contribution in [0.4, 0.5) is 0 Å². The van der Waals surface area contributed by atoms with Gasteiger partial charge in [0.15, 0.2) is 8.32 Å². The zero-order valence-corrected chi connectivity index (χ0v) is 17.3. The molecular formula is C12H20BrClMgOSSi. The number of thiophene rings is 1. The Morgan fingerprint density at radius 1 is 1.44 bits per heavy atom. The Bertz CT molecular complexity index is 403. The highest BCUT2D eigenvalue weighted by atomic mass is 79.9. The molecule has 0 N–H and O–H groups in total. The fourth-order valence-corrected chi connectivity index (χ4v) is 7.09. The van der Waals surface area contributed by atoms with Gasteiger partial charge in [-0.25, -0.2) is 0 Å². The zero-order chi connectivity index (χ0) is 14.0. The second-order valence-corrected chi connectivity index (χ2v) is 15.7. The van der Waals surface area contributed by atoms with Gasteiger partial charge in [0.1, 0.15) is 0 Å². The first-order valence-electron chi connectivity index (χ1n) is 6.14. The van der Waals surface area contributed by atoms with E-state index in [2.05, 4.69) is 52.8 Å². The first-order valence-corrected chi connectivity index (χ1v) is 14.9. The van der Waals surface area contributed by atoms with Crippen LogP contribution in [0, 0.1) is 0 Å². The minimum absolute atomic E-state index is 0.284. The molecule has 1 heterocycles. The van der Waals surface area contributed by atoms with Crippen LogP contribution in [0.1, 0.15) is 26.3 Å². The molecule has 0 unspecified atom stereocenters. The quantitative estimate of drug-likeness (QED) is 0.679. The second-order valence-electron chi connectivity index (χ2n) is 5.99. The normalized spacial score (nSPS) is 12.6. The second kappa shape index (κ2) is 6.92. The van der Waals surface area contributed by atoms with Crippen molar-refractivity contribution in [3.8, 4) is 0 Å². The highest BCUT2D eigenvalue weighted by Gasteiger charge is 2.36. The standard InChI is InChI=1S/C12H20ClOSSi.BrH.Mg/c1-12(2,3)16(4,5)14-7-6-10-8-11(13)15-9-10;;/h8H,6-7H2,1-5H3;1H;/q;;+1/p-1. The van der Waals surface area contributed by atoms with Gasteiger partial charge >= 0.3 is 18.2 Å². The summed E-state index contributed by atoms with van der Waals surface area (Å²) in [6.45, 7) is 12.2. The van der Waals surface area contributed by atoms with Gasteiger partial charge in [0.05, 0.1) is 4.34 Å². The summed E-state index contributed by atoms with van der Waals surface area (Å²) >= 11 is 11.1. The molecule has 0 spiro atoms. The Hall–Kier alpha value is 1.41. The van der Waals surface area contributed by atoms with Crippen molar-refractivity contribution in [3.05, 3.63) is 16.0 Å². The molecule has 1 aromatic rings. The van der Waals surface area contributed by atoms with E-state index in [-0.39, 0.29) is 23.2 Å². The van der Waals surface area contributed by atoms with E-state index in [0.29, 0.717) is 0 Å². The lowest BCUT2D eigenvalue weighted by Gasteiger charge is -2.36. The molecule has 100 valence electrons. The maximum atomic E-state index is 6.21. The van der Waals surface area contributed by atoms with Gasteiger partial charge in [0, 0.05) is 6.61 Å². The first kappa shape index (κ1) is 17.5. The summed E-state index contributed by atoms with van der Waals surface area (Å²) in [5.41, 5.74) is 1.38. The molecule has 18 heavy (non-hydrogen) atoms. The number of hydrogen-bond donors (Lipinski definition) is 0. The van der Waals surface area contributed by atoms with Crippen LogP contribution in [0.5, 0.6) is 0 Å². The van der Waals surface area contributed by atoms with Gasteiger partial charge in [0.25, 0.3) is 0 Å². The molecular weight excluding hydrogens is 360 g/mol. The molecule has 1 aromatic heterocycles. The van der Waals surface area contributed by atoms with Gasteiger partial charge in [-0.3, -0.25) is 12.9 Å². The van der Waals surface area contributed by atoms with Crippen molar-refractivity contribution in [3.63, 3.8) is 0 Å². The Balaban J connectivity index is 2.56. The van der Waals surface area contributed by atoms with Crippen LogP contribution in [0.2, 0.25) is 22.5 Å². The summed E-state index contributed by atoms with van der Waals surface area (Å²) < 4.78 is 8.57. The molecule has 0 bridgehead atoms. The van der Waals surface area contributed by atoms with E-state index in [1.54, 1.807) is 11.3 Å². The Kier molecular flexibility index (Phi) is 6.71. The predicted octanol–water partition coefficient (Wildman–Crippen LogP) is 4.61. The SMILES string of the molecule is CC(C)(C)[Si](C)(C)OCCc1cc(Cl)s[c]1[Mg][Br]. The van der Waals surface area contributed by atoms with Crippen LogP contribution in [0.15, 0.2) is 6.07 Å². The summed E-state index contributed by atoms with van der Waals surface area (Å²) in [4.78, 5) is 0. The summed E-state index contributed by atoms with van der Waals surface area (Å²) in [5, 5.41) is 0.284. The van der Waals surface area contributed by atoms with Gasteiger partial charge in [-0.15, -0.1) is 0 Å². The average molecular weight is 380 g/mol. The van der Waals surface area contributed by atoms with Crippen LogP contribution in [0.3, 0.4) is 0 Å². The van der Waals surface area contributed by atoms with Crippen LogP contribution in [0.25, 0.3) is 0 Å². The van der Waals surface area contributed by atoms with Crippen LogP contribution in [-0.2, 0) is 10.8 Å². The lowest BCUT2D eigenvalue weighted by atomic mass is 10.2. The molecule has 6 heteroatoms. The molecule has 0 radical (unpaired) electrons. The summed E-state index contributed by atoms with van der Waals surface area (Å²) in [5.74, 6) is 0. The molecule has 1 rings (SSSR count). The minimum atomic E-state index is -1.61. The van der Waals surface area contributed by atoms with Gasteiger partial charge in [-0.05, 0) is 30.6 Å². The van der Waals surface area contributed by atoms with E-state index in [0.717, 1.165) is 17.4 Å². The largest absolute Gasteiger partial charge is 0.522 e. The Labute approximate surface area is 136 Å². The molecule has 0 fully saturated rings. The molecule has 0 saturated heterocycles. The number of halogens is 2. The van der Waals surface area contributed by atoms with Crippen molar-refractivity contribution in [1.82, 2.24) is 0 Å². The van der Waals surface area contributed by atoms with E-state index in [4.69, 9.17) is 16.0 Å². The fourth-order valence-electron chi connectivity index (χ4n) is 1.39. The summed E-state index contributed by atoms with van der Waals surface area (Å²) in [6, 6.07) is 2.10. The monoisotopic (exact) mass is 378 g/mol. The lowest BCUT2D eigenvalue weighted by molar-refractivity contribution is 0.292. The van der Waals surface area contributed by atoms with Crippen LogP contribution >= 0.6 is 35.8 Å². The average Bonchev–Trinajstić information content (AvgIpc) is 2.57. The molecule has 0 aliphatic carbocycles. The molecule has 0 aliphatic heterocycles. The van der Waals surface area contributed by atoms with Crippen LogP contribution in [-0.4, -0.2) is 33.1 Å². The van der Waals surface area contributed by atoms with E-state index in [1.165, 1.54) is 8.57 Å². The summed E-state index contributed by atoms with van der Waals surface area (Å²) in [6.07, 6.45) is 0.990. The van der Waals surface area contributed by atoms with Gasteiger partial charge in [0.2, 0.25) is 0 Å². The van der Waals surface area contributed by atoms with Gasteiger partial charge < -0.3 is 4.43 Å². The molecule has 0 aromatic carbocycles. The maximum absolute atomic E-state index is 6.21. The fraction of sp³-hybridized carbons (Fsp3) is 0.667. The van der Waals surface area contributed by atoms with E-state index >= 15 is 0 Å². The number of rotatable bonds is 5. The predicted molar refractivity (Wildman–Crippen MR) is 90.5 cm³/mol. The van der Waals surface area contributed by atoms with Crippen molar-refractivity contribution in [2.75, 3.05) is 6.61 Å². The van der Waals surface area contributed by atoms with E-state index in [9.17, 15) is 0 Å². The smallest absolute Gasteiger partial charge is 0.416 e. The van der Waals surface area contributed by atoms with Crippen LogP contribution < -0.4 is 3.01 Å². The topological polar surface area (TPSA) is 9.23 Å². The third kappa shape index (κ3) is 4.75. The van der Waals surface area contributed by atoms with E-state index in [1.807, 2.05) is 0 Å². The van der Waals surface area contributed by atoms with Crippen molar-refractivity contribution < 1.29 is 4.43 Å². The molecule has 0 amide bonds. The van der Waals surface area contributed by atoms with Crippen molar-refractivity contribution in [2.45, 2.75) is 45.3 Å². The third-order valence-electron chi connectivity index (χ3n) is 3.63. The van der Waals surface area contributed by atoms with E-state index < -0.39 is 8.32 Å². The zero-order valence-electron chi connectivity index (χ0n) is 11.8. The Morgan fingerprint density at radius 2 is 2.06 bits per heavy atom. The molecule has 0 atom stereocenters. The number of hydrogen-bond acceptors (Lipinski definition) is 2. The molecule has 1 nitrogen and oxygen atoms in total. The molecule has 0 saturated carbocycles. The van der Waals surface area contributed by atoms with Crippen molar-refractivity contribution in [1.29, 1.82) is 0 Å². The third-order valence-corrected chi connectivity index (χ3v) is 13.7. The first-order chi connectivity index (χ1) is 8.17. The summed E-state index contributed by atoms with van der Waals surface area (Å²) in [7, 11) is -1.61. The van der Waals surface area contributed by atoms with Gasteiger partial charge in [-0.1, -0.05) is 40.9 Å². The van der Waals surface area contributed by atoms with Crippen molar-refractivity contribution in [2.24, 2.45) is 0 Å². The molecule has 0 aliphatic rings. The lowest BCUT2D eigenvalue weighted by Crippen LogP contribution is -2.41. The highest BCUT2D eigenvalue weighted by molar-refractivity contribution is 9.23. The highest BCUT2D eigenvalue weighted by Crippen LogP contribution is 2.36. The minimum Gasteiger partial charge on any atom is -0.416 e. The maximum Gasteiger partial charge on any atom is 0.522 e. The Morgan fingerprint density at radius 3 is 2.56 bits per heavy atom. The van der Waals surface area contributed by atoms with Crippen molar-refractivity contribution >= 4 is 65.3 Å². The van der Waals surface area contributed by atoms with Gasteiger partial charge in [-0.2, -0.15) is 11.3 Å².